The summed E-state index contributed by atoms with van der Waals surface area (Å²) < 4.78 is 15.7. The molecule has 0 saturated carbocycles. The number of ether oxygens (including phenoxy) is 3. The number of carbonyl (C=O) groups is 2. The summed E-state index contributed by atoms with van der Waals surface area (Å²) in [5.41, 5.74) is 0.997. The maximum Gasteiger partial charge on any atom is 0.262 e. The molecule has 0 bridgehead atoms. The van der Waals surface area contributed by atoms with Crippen molar-refractivity contribution in [3.8, 4) is 17.2 Å². The van der Waals surface area contributed by atoms with E-state index in [1.165, 1.54) is 14.0 Å². The molecule has 0 radical (unpaired) electrons. The second kappa shape index (κ2) is 8.58. The third kappa shape index (κ3) is 5.42. The van der Waals surface area contributed by atoms with Gasteiger partial charge in [-0.2, -0.15) is 0 Å². The summed E-state index contributed by atoms with van der Waals surface area (Å²) in [5, 5.41) is 5.35. The Labute approximate surface area is 145 Å². The van der Waals surface area contributed by atoms with Crippen molar-refractivity contribution in [1.29, 1.82) is 0 Å². The standard InChI is InChI=1S/C18H20N2O5/c1-12(21)19-13-4-9-17(24-3)16(10-13)20-18(22)11-25-15-7-5-14(23-2)6-8-15/h4-10H,11H2,1-3H3,(H,19,21)(H,20,22). The molecule has 0 aliphatic rings. The molecule has 7 nitrogen and oxygen atoms in total. The molecular formula is C18H20N2O5. The third-order valence-corrected chi connectivity index (χ3v) is 3.22. The highest BCUT2D eigenvalue weighted by Gasteiger charge is 2.10. The van der Waals surface area contributed by atoms with E-state index in [4.69, 9.17) is 14.2 Å². The van der Waals surface area contributed by atoms with Crippen LogP contribution in [-0.4, -0.2) is 32.6 Å². The first kappa shape index (κ1) is 18.1. The van der Waals surface area contributed by atoms with Crippen LogP contribution >= 0.6 is 0 Å². The first-order valence-corrected chi connectivity index (χ1v) is 7.54. The Morgan fingerprint density at radius 1 is 0.920 bits per heavy atom. The zero-order chi connectivity index (χ0) is 18.2. The minimum absolute atomic E-state index is 0.167. The fourth-order valence-corrected chi connectivity index (χ4v) is 2.09. The molecule has 0 atom stereocenters. The van der Waals surface area contributed by atoms with E-state index in [0.29, 0.717) is 28.6 Å². The Bertz CT molecular complexity index is 744. The van der Waals surface area contributed by atoms with Crippen LogP contribution in [-0.2, 0) is 9.59 Å². The van der Waals surface area contributed by atoms with Crippen LogP contribution < -0.4 is 24.8 Å². The van der Waals surface area contributed by atoms with Gasteiger partial charge >= 0.3 is 0 Å². The number of hydrogen-bond donors (Lipinski definition) is 2. The van der Waals surface area contributed by atoms with Crippen LogP contribution in [0.25, 0.3) is 0 Å². The molecule has 2 rings (SSSR count). The average molecular weight is 344 g/mol. The van der Waals surface area contributed by atoms with Crippen molar-refractivity contribution in [2.45, 2.75) is 6.92 Å². The van der Waals surface area contributed by atoms with E-state index >= 15 is 0 Å². The molecule has 25 heavy (non-hydrogen) atoms. The van der Waals surface area contributed by atoms with Crippen LogP contribution in [0.2, 0.25) is 0 Å². The van der Waals surface area contributed by atoms with Gasteiger partial charge in [-0.25, -0.2) is 0 Å². The fourth-order valence-electron chi connectivity index (χ4n) is 2.09. The van der Waals surface area contributed by atoms with Crippen LogP contribution in [0.15, 0.2) is 42.5 Å². The molecule has 2 aromatic carbocycles. The van der Waals surface area contributed by atoms with Crippen LogP contribution in [0, 0.1) is 0 Å². The maximum atomic E-state index is 12.1. The van der Waals surface area contributed by atoms with Crippen molar-refractivity contribution in [1.82, 2.24) is 0 Å². The summed E-state index contributed by atoms with van der Waals surface area (Å²) in [7, 11) is 3.07. The van der Waals surface area contributed by atoms with E-state index in [0.717, 1.165) is 0 Å². The summed E-state index contributed by atoms with van der Waals surface area (Å²) in [5.74, 6) is 1.18. The number of nitrogens with one attached hydrogen (secondary N) is 2. The van der Waals surface area contributed by atoms with E-state index in [-0.39, 0.29) is 18.4 Å². The second-order valence-electron chi connectivity index (χ2n) is 5.11. The second-order valence-corrected chi connectivity index (χ2v) is 5.11. The molecule has 2 amide bonds. The van der Waals surface area contributed by atoms with Crippen LogP contribution in [0.5, 0.6) is 17.2 Å². The van der Waals surface area contributed by atoms with Crippen molar-refractivity contribution < 1.29 is 23.8 Å². The molecule has 132 valence electrons. The molecule has 0 aromatic heterocycles. The lowest BCUT2D eigenvalue weighted by Gasteiger charge is -2.13. The summed E-state index contributed by atoms with van der Waals surface area (Å²) in [6, 6.07) is 11.9. The Morgan fingerprint density at radius 3 is 2.20 bits per heavy atom. The fraction of sp³-hybridized carbons (Fsp3) is 0.222. The van der Waals surface area contributed by atoms with E-state index in [2.05, 4.69) is 10.6 Å². The van der Waals surface area contributed by atoms with E-state index < -0.39 is 0 Å². The molecule has 0 aliphatic carbocycles. The molecule has 0 unspecified atom stereocenters. The lowest BCUT2D eigenvalue weighted by atomic mass is 10.2. The first-order chi connectivity index (χ1) is 12.0. The number of hydrogen-bond acceptors (Lipinski definition) is 5. The molecule has 7 heteroatoms. The highest BCUT2D eigenvalue weighted by atomic mass is 16.5. The monoisotopic (exact) mass is 344 g/mol. The minimum atomic E-state index is -0.353. The van der Waals surface area contributed by atoms with Gasteiger partial charge in [-0.3, -0.25) is 9.59 Å². The van der Waals surface area contributed by atoms with Gasteiger partial charge in [0.25, 0.3) is 5.91 Å². The predicted octanol–water partition coefficient (Wildman–Crippen LogP) is 2.68. The number of rotatable bonds is 7. The molecule has 0 aliphatic heterocycles. The summed E-state index contributed by atoms with van der Waals surface area (Å²) in [4.78, 5) is 23.3. The van der Waals surface area contributed by atoms with Gasteiger partial charge in [0.05, 0.1) is 19.9 Å². The van der Waals surface area contributed by atoms with Gasteiger partial charge in [-0.05, 0) is 42.5 Å². The predicted molar refractivity (Wildman–Crippen MR) is 94.4 cm³/mol. The summed E-state index contributed by atoms with van der Waals surface area (Å²) >= 11 is 0. The van der Waals surface area contributed by atoms with Crippen molar-refractivity contribution in [2.24, 2.45) is 0 Å². The Hall–Kier alpha value is -3.22. The van der Waals surface area contributed by atoms with Crippen molar-refractivity contribution in [2.75, 3.05) is 31.5 Å². The molecule has 0 spiro atoms. The van der Waals surface area contributed by atoms with Gasteiger partial charge in [0.2, 0.25) is 5.91 Å². The molecular weight excluding hydrogens is 324 g/mol. The first-order valence-electron chi connectivity index (χ1n) is 7.54. The maximum absolute atomic E-state index is 12.1. The van der Waals surface area contributed by atoms with Gasteiger partial charge in [-0.15, -0.1) is 0 Å². The third-order valence-electron chi connectivity index (χ3n) is 3.22. The quantitative estimate of drug-likeness (QED) is 0.806. The van der Waals surface area contributed by atoms with Gasteiger partial charge in [-0.1, -0.05) is 0 Å². The van der Waals surface area contributed by atoms with Crippen molar-refractivity contribution in [3.05, 3.63) is 42.5 Å². The molecule has 0 fully saturated rings. The van der Waals surface area contributed by atoms with Gasteiger partial charge < -0.3 is 24.8 Å². The lowest BCUT2D eigenvalue weighted by molar-refractivity contribution is -0.118. The van der Waals surface area contributed by atoms with Gasteiger partial charge in [0.1, 0.15) is 17.2 Å². The highest BCUT2D eigenvalue weighted by molar-refractivity contribution is 5.95. The van der Waals surface area contributed by atoms with Crippen LogP contribution in [0.3, 0.4) is 0 Å². The van der Waals surface area contributed by atoms with E-state index in [1.54, 1.807) is 49.6 Å². The minimum Gasteiger partial charge on any atom is -0.497 e. The zero-order valence-corrected chi connectivity index (χ0v) is 14.3. The smallest absolute Gasteiger partial charge is 0.262 e. The van der Waals surface area contributed by atoms with Crippen LogP contribution in [0.1, 0.15) is 6.92 Å². The Morgan fingerprint density at radius 2 is 1.60 bits per heavy atom. The number of benzene rings is 2. The lowest BCUT2D eigenvalue weighted by Crippen LogP contribution is -2.20. The molecule has 0 saturated heterocycles. The summed E-state index contributed by atoms with van der Waals surface area (Å²) in [6.07, 6.45) is 0. The molecule has 2 aromatic rings. The topological polar surface area (TPSA) is 85.9 Å². The van der Waals surface area contributed by atoms with E-state index in [1.807, 2.05) is 0 Å². The Balaban J connectivity index is 1.99. The molecule has 2 N–H and O–H groups in total. The number of amides is 2. The van der Waals surface area contributed by atoms with Gasteiger partial charge in [0, 0.05) is 12.6 Å². The molecule has 0 heterocycles. The van der Waals surface area contributed by atoms with Crippen LogP contribution in [0.4, 0.5) is 11.4 Å². The van der Waals surface area contributed by atoms with Gasteiger partial charge in [0.15, 0.2) is 6.61 Å². The summed E-state index contributed by atoms with van der Waals surface area (Å²) in [6.45, 7) is 1.24. The highest BCUT2D eigenvalue weighted by Crippen LogP contribution is 2.28. The van der Waals surface area contributed by atoms with Crippen molar-refractivity contribution >= 4 is 23.2 Å². The number of carbonyl (C=O) groups excluding carboxylic acids is 2. The zero-order valence-electron chi connectivity index (χ0n) is 14.3. The Kier molecular flexibility index (Phi) is 6.22. The number of anilines is 2. The van der Waals surface area contributed by atoms with E-state index in [9.17, 15) is 9.59 Å². The average Bonchev–Trinajstić information content (AvgIpc) is 2.60. The normalized spacial score (nSPS) is 9.88. The SMILES string of the molecule is COc1ccc(OCC(=O)Nc2cc(NC(C)=O)ccc2OC)cc1. The largest absolute Gasteiger partial charge is 0.497 e. The number of methoxy groups -OCH3 is 2. The van der Waals surface area contributed by atoms with Crippen molar-refractivity contribution in [3.63, 3.8) is 0 Å².